The Morgan fingerprint density at radius 3 is 2.80 bits per heavy atom. The van der Waals surface area contributed by atoms with Gasteiger partial charge >= 0.3 is 0 Å². The molecule has 0 aliphatic rings. The number of aromatic nitrogens is 1. The van der Waals surface area contributed by atoms with Crippen LogP contribution in [0.5, 0.6) is 0 Å². The summed E-state index contributed by atoms with van der Waals surface area (Å²) in [5.74, 6) is -0.455. The molecule has 0 atom stereocenters. The van der Waals surface area contributed by atoms with E-state index in [1.165, 1.54) is 24.4 Å². The van der Waals surface area contributed by atoms with Crippen LogP contribution >= 0.6 is 11.3 Å². The zero-order valence-corrected chi connectivity index (χ0v) is 13.5. The van der Waals surface area contributed by atoms with Crippen molar-refractivity contribution in [2.45, 2.75) is 0 Å². The van der Waals surface area contributed by atoms with Crippen LogP contribution in [0.15, 0.2) is 54.7 Å². The minimum atomic E-state index is -0.583. The molecule has 8 heteroatoms. The third kappa shape index (κ3) is 3.52. The van der Waals surface area contributed by atoms with Gasteiger partial charge in [-0.05, 0) is 24.3 Å². The van der Waals surface area contributed by atoms with Gasteiger partial charge in [0.15, 0.2) is 5.13 Å². The number of nitrogens with one attached hydrogen (secondary N) is 1. The minimum absolute atomic E-state index is 0.0224. The Balaban J connectivity index is 1.85. The van der Waals surface area contributed by atoms with Crippen LogP contribution in [0.25, 0.3) is 0 Å². The normalized spacial score (nSPS) is 10.0. The first-order chi connectivity index (χ1) is 12.1. The second-order valence-electron chi connectivity index (χ2n) is 4.95. The predicted molar refractivity (Wildman–Crippen MR) is 93.1 cm³/mol. The summed E-state index contributed by atoms with van der Waals surface area (Å²) in [6.07, 6.45) is 1.38. The molecule has 1 aromatic heterocycles. The molecule has 0 radical (unpaired) electrons. The van der Waals surface area contributed by atoms with Crippen LogP contribution in [-0.2, 0) is 0 Å². The number of nitro benzene ring substituents is 1. The number of carbonyl (C=O) groups is 1. The van der Waals surface area contributed by atoms with Gasteiger partial charge in [-0.3, -0.25) is 14.9 Å². The smallest absolute Gasteiger partial charge is 0.280 e. The number of para-hydroxylation sites is 1. The average Bonchev–Trinajstić information content (AvgIpc) is 3.09. The Morgan fingerprint density at radius 2 is 2.04 bits per heavy atom. The Morgan fingerprint density at radius 1 is 1.24 bits per heavy atom. The standard InChI is InChI=1S/C17H10N4O3S/c18-9-11-4-3-5-12(8-11)20-17-19-10-15(25-17)16(22)13-6-1-2-7-14(13)21(23)24/h1-8,10H,(H,19,20). The zero-order chi connectivity index (χ0) is 17.8. The van der Waals surface area contributed by atoms with Crippen molar-refractivity contribution in [3.05, 3.63) is 80.8 Å². The third-order valence-corrected chi connectivity index (χ3v) is 4.23. The number of nitriles is 1. The van der Waals surface area contributed by atoms with E-state index in [0.717, 1.165) is 11.3 Å². The fourth-order valence-corrected chi connectivity index (χ4v) is 2.98. The summed E-state index contributed by atoms with van der Waals surface area (Å²) in [7, 11) is 0. The molecule has 25 heavy (non-hydrogen) atoms. The second kappa shape index (κ2) is 6.90. The highest BCUT2D eigenvalue weighted by Crippen LogP contribution is 2.27. The molecule has 0 aliphatic heterocycles. The highest BCUT2D eigenvalue weighted by molar-refractivity contribution is 7.17. The maximum absolute atomic E-state index is 12.5. The highest BCUT2D eigenvalue weighted by Gasteiger charge is 2.22. The van der Waals surface area contributed by atoms with Gasteiger partial charge in [0.2, 0.25) is 5.78 Å². The molecule has 0 bridgehead atoms. The molecule has 3 rings (SSSR count). The van der Waals surface area contributed by atoms with E-state index in [1.54, 1.807) is 30.3 Å². The van der Waals surface area contributed by atoms with Crippen molar-refractivity contribution in [1.29, 1.82) is 5.26 Å². The third-order valence-electron chi connectivity index (χ3n) is 3.32. The van der Waals surface area contributed by atoms with Crippen LogP contribution in [0.4, 0.5) is 16.5 Å². The molecule has 0 saturated heterocycles. The van der Waals surface area contributed by atoms with Crippen LogP contribution in [-0.4, -0.2) is 15.7 Å². The SMILES string of the molecule is N#Cc1cccc(Nc2ncc(C(=O)c3ccccc3[N+](=O)[O-])s2)c1. The van der Waals surface area contributed by atoms with Crippen LogP contribution in [0.2, 0.25) is 0 Å². The maximum Gasteiger partial charge on any atom is 0.280 e. The predicted octanol–water partition coefficient (Wildman–Crippen LogP) is 3.90. The number of nitro groups is 1. The van der Waals surface area contributed by atoms with Crippen molar-refractivity contribution < 1.29 is 9.72 Å². The molecule has 7 nitrogen and oxygen atoms in total. The summed E-state index contributed by atoms with van der Waals surface area (Å²) in [5.41, 5.74) is 0.946. The lowest BCUT2D eigenvalue weighted by Gasteiger charge is -2.02. The van der Waals surface area contributed by atoms with E-state index in [-0.39, 0.29) is 16.1 Å². The van der Waals surface area contributed by atoms with E-state index < -0.39 is 10.7 Å². The second-order valence-corrected chi connectivity index (χ2v) is 5.98. The van der Waals surface area contributed by atoms with Gasteiger partial charge in [0.25, 0.3) is 5.69 Å². The minimum Gasteiger partial charge on any atom is -0.331 e. The van der Waals surface area contributed by atoms with Crippen molar-refractivity contribution in [1.82, 2.24) is 4.98 Å². The number of rotatable bonds is 5. The first-order valence-corrected chi connectivity index (χ1v) is 7.91. The summed E-state index contributed by atoms with van der Waals surface area (Å²) in [6.45, 7) is 0. The fourth-order valence-electron chi connectivity index (χ4n) is 2.18. The number of hydrogen-bond donors (Lipinski definition) is 1. The average molecular weight is 350 g/mol. The molecule has 1 N–H and O–H groups in total. The lowest BCUT2D eigenvalue weighted by atomic mass is 10.1. The molecule has 0 amide bonds. The van der Waals surface area contributed by atoms with Crippen molar-refractivity contribution in [2.75, 3.05) is 5.32 Å². The van der Waals surface area contributed by atoms with Gasteiger partial charge in [0, 0.05) is 11.8 Å². The van der Waals surface area contributed by atoms with Gasteiger partial charge in [-0.1, -0.05) is 29.5 Å². The molecule has 0 unspecified atom stereocenters. The molecule has 2 aromatic carbocycles. The monoisotopic (exact) mass is 350 g/mol. The largest absolute Gasteiger partial charge is 0.331 e. The van der Waals surface area contributed by atoms with E-state index in [4.69, 9.17) is 5.26 Å². The number of thiazole rings is 1. The summed E-state index contributed by atoms with van der Waals surface area (Å²) in [4.78, 5) is 27.4. The first-order valence-electron chi connectivity index (χ1n) is 7.09. The zero-order valence-electron chi connectivity index (χ0n) is 12.7. The van der Waals surface area contributed by atoms with Gasteiger partial charge in [0.05, 0.1) is 27.6 Å². The topological polar surface area (TPSA) is 109 Å². The van der Waals surface area contributed by atoms with Crippen molar-refractivity contribution in [2.24, 2.45) is 0 Å². The quantitative estimate of drug-likeness (QED) is 0.425. The van der Waals surface area contributed by atoms with Crippen LogP contribution in [0.3, 0.4) is 0 Å². The molecular formula is C17H10N4O3S. The molecule has 0 aliphatic carbocycles. The Kier molecular flexibility index (Phi) is 4.50. The number of ketones is 1. The highest BCUT2D eigenvalue weighted by atomic mass is 32.1. The fraction of sp³-hybridized carbons (Fsp3) is 0. The molecule has 0 spiro atoms. The summed E-state index contributed by atoms with van der Waals surface area (Å²) < 4.78 is 0. The van der Waals surface area contributed by atoms with Gasteiger partial charge in [-0.2, -0.15) is 5.26 Å². The molecular weight excluding hydrogens is 340 g/mol. The summed E-state index contributed by atoms with van der Waals surface area (Å²) >= 11 is 1.09. The number of hydrogen-bond acceptors (Lipinski definition) is 7. The van der Waals surface area contributed by atoms with E-state index in [1.807, 2.05) is 6.07 Å². The maximum atomic E-state index is 12.5. The molecule has 122 valence electrons. The van der Waals surface area contributed by atoms with Crippen molar-refractivity contribution in [3.63, 3.8) is 0 Å². The number of nitrogens with zero attached hydrogens (tertiary/aromatic N) is 3. The van der Waals surface area contributed by atoms with E-state index in [9.17, 15) is 14.9 Å². The van der Waals surface area contributed by atoms with E-state index >= 15 is 0 Å². The van der Waals surface area contributed by atoms with Gasteiger partial charge in [-0.25, -0.2) is 4.98 Å². The summed E-state index contributed by atoms with van der Waals surface area (Å²) in [6, 6.07) is 14.7. The Hall–Kier alpha value is -3.57. The van der Waals surface area contributed by atoms with Crippen LogP contribution in [0.1, 0.15) is 20.8 Å². The molecule has 0 saturated carbocycles. The van der Waals surface area contributed by atoms with Gasteiger partial charge < -0.3 is 5.32 Å². The lowest BCUT2D eigenvalue weighted by Crippen LogP contribution is -2.03. The Labute approximate surface area is 146 Å². The van der Waals surface area contributed by atoms with Gasteiger partial charge in [-0.15, -0.1) is 0 Å². The van der Waals surface area contributed by atoms with E-state index in [2.05, 4.69) is 10.3 Å². The van der Waals surface area contributed by atoms with Crippen LogP contribution < -0.4 is 5.32 Å². The van der Waals surface area contributed by atoms with Crippen molar-refractivity contribution >= 4 is 33.6 Å². The first kappa shape index (κ1) is 16.3. The van der Waals surface area contributed by atoms with Crippen molar-refractivity contribution in [3.8, 4) is 6.07 Å². The van der Waals surface area contributed by atoms with Crippen LogP contribution in [0, 0.1) is 21.4 Å². The molecule has 3 aromatic rings. The number of anilines is 2. The number of carbonyl (C=O) groups excluding carboxylic acids is 1. The molecule has 0 fully saturated rings. The number of benzene rings is 2. The Bertz CT molecular complexity index is 1010. The van der Waals surface area contributed by atoms with E-state index in [0.29, 0.717) is 16.4 Å². The molecule has 1 heterocycles. The summed E-state index contributed by atoms with van der Waals surface area (Å²) in [5, 5.41) is 23.4. The van der Waals surface area contributed by atoms with Gasteiger partial charge in [0.1, 0.15) is 5.56 Å². The lowest BCUT2D eigenvalue weighted by molar-refractivity contribution is -0.385.